The third kappa shape index (κ3) is 1.56. The third-order valence-corrected chi connectivity index (χ3v) is 2.99. The Labute approximate surface area is 89.6 Å². The average molecular weight is 202 g/mol. The minimum absolute atomic E-state index is 0.150. The molecule has 15 heavy (non-hydrogen) atoms. The molecule has 0 radical (unpaired) electrons. The van der Waals surface area contributed by atoms with E-state index in [9.17, 15) is 4.79 Å². The molecule has 0 N–H and O–H groups in total. The van der Waals surface area contributed by atoms with Gasteiger partial charge in [-0.2, -0.15) is 0 Å². The van der Waals surface area contributed by atoms with Crippen LogP contribution in [0.4, 0.5) is 0 Å². The van der Waals surface area contributed by atoms with Gasteiger partial charge in [0.05, 0.1) is 5.41 Å². The Balaban J connectivity index is 2.35. The summed E-state index contributed by atoms with van der Waals surface area (Å²) in [5.74, 6) is -0.154. The molecule has 0 amide bonds. The van der Waals surface area contributed by atoms with Crippen LogP contribution in [-0.4, -0.2) is 12.1 Å². The van der Waals surface area contributed by atoms with Crippen LogP contribution in [0.15, 0.2) is 43.0 Å². The standard InChI is InChI=1S/C13H14O2/c1-3-11-9-13(2,12(14)15-11)10-7-5-4-6-8-10/h3-8,11H,1,9H2,2H3/t11-,13-/m1/s1. The second kappa shape index (κ2) is 3.54. The predicted octanol–water partition coefficient (Wildman–Crippen LogP) is 2.45. The Bertz CT molecular complexity index is 383. The van der Waals surface area contributed by atoms with Gasteiger partial charge in [0.2, 0.25) is 0 Å². The topological polar surface area (TPSA) is 26.3 Å². The number of carbonyl (C=O) groups excluding carboxylic acids is 1. The van der Waals surface area contributed by atoms with Crippen LogP contribution in [0.2, 0.25) is 0 Å². The molecule has 1 aliphatic heterocycles. The molecule has 78 valence electrons. The van der Waals surface area contributed by atoms with E-state index in [-0.39, 0.29) is 12.1 Å². The monoisotopic (exact) mass is 202 g/mol. The summed E-state index contributed by atoms with van der Waals surface area (Å²) in [5, 5.41) is 0. The van der Waals surface area contributed by atoms with Gasteiger partial charge < -0.3 is 4.74 Å². The summed E-state index contributed by atoms with van der Waals surface area (Å²) in [6.07, 6.45) is 2.22. The summed E-state index contributed by atoms with van der Waals surface area (Å²) in [6.45, 7) is 5.58. The minimum atomic E-state index is -0.514. The second-order valence-corrected chi connectivity index (χ2v) is 4.08. The molecule has 1 aliphatic rings. The van der Waals surface area contributed by atoms with Gasteiger partial charge in [-0.05, 0) is 12.5 Å². The quantitative estimate of drug-likeness (QED) is 0.544. The fourth-order valence-corrected chi connectivity index (χ4v) is 1.97. The maximum Gasteiger partial charge on any atom is 0.317 e. The Morgan fingerprint density at radius 2 is 2.13 bits per heavy atom. The molecule has 1 aromatic rings. The summed E-state index contributed by atoms with van der Waals surface area (Å²) in [5.41, 5.74) is 0.500. The molecular weight excluding hydrogens is 188 g/mol. The number of cyclic esters (lactones) is 1. The summed E-state index contributed by atoms with van der Waals surface area (Å²) >= 11 is 0. The highest BCUT2D eigenvalue weighted by molar-refractivity contribution is 5.85. The van der Waals surface area contributed by atoms with Gasteiger partial charge in [-0.25, -0.2) is 0 Å². The Kier molecular flexibility index (Phi) is 2.35. The zero-order valence-corrected chi connectivity index (χ0v) is 8.77. The van der Waals surface area contributed by atoms with Crippen molar-refractivity contribution in [2.45, 2.75) is 24.9 Å². The number of ether oxygens (including phenoxy) is 1. The number of hydrogen-bond acceptors (Lipinski definition) is 2. The number of rotatable bonds is 2. The normalized spacial score (nSPS) is 29.9. The van der Waals surface area contributed by atoms with E-state index in [2.05, 4.69) is 6.58 Å². The molecule has 0 spiro atoms. The minimum Gasteiger partial charge on any atom is -0.457 e. The lowest BCUT2D eigenvalue weighted by atomic mass is 9.80. The highest BCUT2D eigenvalue weighted by Gasteiger charge is 2.45. The lowest BCUT2D eigenvalue weighted by Crippen LogP contribution is -2.27. The maximum atomic E-state index is 11.8. The predicted molar refractivity (Wildman–Crippen MR) is 58.5 cm³/mol. The van der Waals surface area contributed by atoms with E-state index in [0.29, 0.717) is 6.42 Å². The van der Waals surface area contributed by atoms with Crippen molar-refractivity contribution in [3.8, 4) is 0 Å². The van der Waals surface area contributed by atoms with Crippen molar-refractivity contribution in [1.82, 2.24) is 0 Å². The van der Waals surface area contributed by atoms with Gasteiger partial charge in [0.25, 0.3) is 0 Å². The van der Waals surface area contributed by atoms with Crippen LogP contribution in [-0.2, 0) is 14.9 Å². The Morgan fingerprint density at radius 1 is 1.47 bits per heavy atom. The SMILES string of the molecule is C=C[C@@H]1C[C@](C)(c2ccccc2)C(=O)O1. The first kappa shape index (κ1) is 9.97. The maximum absolute atomic E-state index is 11.8. The molecule has 1 aromatic carbocycles. The van der Waals surface area contributed by atoms with Crippen LogP contribution in [0.1, 0.15) is 18.9 Å². The highest BCUT2D eigenvalue weighted by Crippen LogP contribution is 2.37. The molecule has 1 fully saturated rings. The molecule has 2 atom stereocenters. The number of hydrogen-bond donors (Lipinski definition) is 0. The van der Waals surface area contributed by atoms with E-state index in [1.54, 1.807) is 6.08 Å². The van der Waals surface area contributed by atoms with E-state index in [1.165, 1.54) is 0 Å². The lowest BCUT2D eigenvalue weighted by Gasteiger charge is -2.18. The summed E-state index contributed by atoms with van der Waals surface area (Å²) in [6, 6.07) is 9.75. The average Bonchev–Trinajstić information content (AvgIpc) is 2.57. The van der Waals surface area contributed by atoms with Gasteiger partial charge in [-0.15, -0.1) is 0 Å². The smallest absolute Gasteiger partial charge is 0.317 e. The molecule has 2 rings (SSSR count). The van der Waals surface area contributed by atoms with Crippen LogP contribution < -0.4 is 0 Å². The summed E-state index contributed by atoms with van der Waals surface area (Å²) in [7, 11) is 0. The Hall–Kier alpha value is -1.57. The number of carbonyl (C=O) groups is 1. The molecule has 2 heteroatoms. The van der Waals surface area contributed by atoms with Crippen LogP contribution in [0.3, 0.4) is 0 Å². The first-order valence-electron chi connectivity index (χ1n) is 5.06. The Morgan fingerprint density at radius 3 is 2.67 bits per heavy atom. The fourth-order valence-electron chi connectivity index (χ4n) is 1.97. The van der Waals surface area contributed by atoms with Crippen molar-refractivity contribution in [3.63, 3.8) is 0 Å². The van der Waals surface area contributed by atoms with Gasteiger partial charge in [-0.1, -0.05) is 43.0 Å². The van der Waals surface area contributed by atoms with Crippen LogP contribution >= 0.6 is 0 Å². The first-order chi connectivity index (χ1) is 7.16. The molecule has 1 heterocycles. The molecule has 2 nitrogen and oxygen atoms in total. The zero-order chi connectivity index (χ0) is 10.9. The molecule has 0 unspecified atom stereocenters. The van der Waals surface area contributed by atoms with E-state index in [1.807, 2.05) is 37.3 Å². The van der Waals surface area contributed by atoms with Gasteiger partial charge in [0.15, 0.2) is 0 Å². The van der Waals surface area contributed by atoms with Crippen molar-refractivity contribution in [2.24, 2.45) is 0 Å². The fraction of sp³-hybridized carbons (Fsp3) is 0.308. The molecular formula is C13H14O2. The van der Waals surface area contributed by atoms with Crippen molar-refractivity contribution in [3.05, 3.63) is 48.6 Å². The van der Waals surface area contributed by atoms with Crippen molar-refractivity contribution < 1.29 is 9.53 Å². The van der Waals surface area contributed by atoms with E-state index in [0.717, 1.165) is 5.56 Å². The largest absolute Gasteiger partial charge is 0.457 e. The molecule has 0 aromatic heterocycles. The number of benzene rings is 1. The van der Waals surface area contributed by atoms with Gasteiger partial charge in [0, 0.05) is 6.42 Å². The van der Waals surface area contributed by atoms with Crippen molar-refractivity contribution in [2.75, 3.05) is 0 Å². The number of esters is 1. The summed E-state index contributed by atoms with van der Waals surface area (Å²) in [4.78, 5) is 11.8. The lowest BCUT2D eigenvalue weighted by molar-refractivity contribution is -0.144. The van der Waals surface area contributed by atoms with Crippen LogP contribution in [0.5, 0.6) is 0 Å². The second-order valence-electron chi connectivity index (χ2n) is 4.08. The van der Waals surface area contributed by atoms with Crippen molar-refractivity contribution >= 4 is 5.97 Å². The van der Waals surface area contributed by atoms with E-state index >= 15 is 0 Å². The van der Waals surface area contributed by atoms with E-state index in [4.69, 9.17) is 4.74 Å². The first-order valence-corrected chi connectivity index (χ1v) is 5.06. The molecule has 1 saturated heterocycles. The zero-order valence-electron chi connectivity index (χ0n) is 8.77. The van der Waals surface area contributed by atoms with Crippen LogP contribution in [0.25, 0.3) is 0 Å². The molecule has 0 bridgehead atoms. The third-order valence-electron chi connectivity index (χ3n) is 2.99. The van der Waals surface area contributed by atoms with Gasteiger partial charge >= 0.3 is 5.97 Å². The van der Waals surface area contributed by atoms with Crippen molar-refractivity contribution in [1.29, 1.82) is 0 Å². The molecule has 0 saturated carbocycles. The van der Waals surface area contributed by atoms with Gasteiger partial charge in [-0.3, -0.25) is 4.79 Å². The molecule has 0 aliphatic carbocycles. The summed E-state index contributed by atoms with van der Waals surface area (Å²) < 4.78 is 5.22. The van der Waals surface area contributed by atoms with E-state index < -0.39 is 5.41 Å². The van der Waals surface area contributed by atoms with Crippen LogP contribution in [0, 0.1) is 0 Å². The highest BCUT2D eigenvalue weighted by atomic mass is 16.6. The van der Waals surface area contributed by atoms with Gasteiger partial charge in [0.1, 0.15) is 6.10 Å².